The van der Waals surface area contributed by atoms with Crippen LogP contribution in [0, 0.1) is 6.92 Å². The lowest BCUT2D eigenvalue weighted by molar-refractivity contribution is -0.116. The van der Waals surface area contributed by atoms with Gasteiger partial charge in [-0.25, -0.2) is 0 Å². The minimum Gasteiger partial charge on any atom is -0.493 e. The molecule has 0 spiro atoms. The molecule has 3 aromatic rings. The SMILES string of the molecule is COc1ccc([C@H]2CC(=O)C3=C(C2)Nc2n[nH]c(C)c2[C@H]3c2ccccc2Cl)cc1OC. The maximum Gasteiger partial charge on any atom is 0.162 e. The number of ketones is 1. The Labute approximate surface area is 191 Å². The number of nitrogens with one attached hydrogen (secondary N) is 2. The van der Waals surface area contributed by atoms with Gasteiger partial charge in [0.2, 0.25) is 0 Å². The number of methoxy groups -OCH3 is 2. The van der Waals surface area contributed by atoms with Crippen molar-refractivity contribution in [1.82, 2.24) is 10.2 Å². The molecule has 0 amide bonds. The van der Waals surface area contributed by atoms with Crippen molar-refractivity contribution in [1.29, 1.82) is 0 Å². The lowest BCUT2D eigenvalue weighted by atomic mass is 9.72. The Kier molecular flexibility index (Phi) is 5.18. The van der Waals surface area contributed by atoms with Gasteiger partial charge in [-0.05, 0) is 48.6 Å². The first-order valence-electron chi connectivity index (χ1n) is 10.6. The zero-order chi connectivity index (χ0) is 22.4. The first kappa shape index (κ1) is 20.6. The van der Waals surface area contributed by atoms with E-state index in [-0.39, 0.29) is 17.6 Å². The van der Waals surface area contributed by atoms with Gasteiger partial charge in [-0.15, -0.1) is 0 Å². The number of carbonyl (C=O) groups is 1. The third-order valence-electron chi connectivity index (χ3n) is 6.44. The fraction of sp³-hybridized carbons (Fsp3) is 0.280. The summed E-state index contributed by atoms with van der Waals surface area (Å²) in [4.78, 5) is 13.6. The van der Waals surface area contributed by atoms with Gasteiger partial charge in [0.15, 0.2) is 23.1 Å². The van der Waals surface area contributed by atoms with E-state index in [1.165, 1.54) is 0 Å². The summed E-state index contributed by atoms with van der Waals surface area (Å²) in [6.07, 6.45) is 1.12. The molecule has 0 saturated carbocycles. The summed E-state index contributed by atoms with van der Waals surface area (Å²) < 4.78 is 10.8. The van der Waals surface area contributed by atoms with Gasteiger partial charge in [-0.3, -0.25) is 9.89 Å². The number of carbonyl (C=O) groups excluding carboxylic acids is 1. The molecule has 164 valence electrons. The number of Topliss-reactive ketones (excluding diaryl/α,β-unsaturated/α-hetero) is 1. The second kappa shape index (κ2) is 8.02. The van der Waals surface area contributed by atoms with E-state index in [4.69, 9.17) is 21.1 Å². The first-order chi connectivity index (χ1) is 15.5. The molecule has 0 saturated heterocycles. The number of benzene rings is 2. The third-order valence-corrected chi connectivity index (χ3v) is 6.79. The number of aryl methyl sites for hydroxylation is 1. The highest BCUT2D eigenvalue weighted by Crippen LogP contribution is 2.49. The summed E-state index contributed by atoms with van der Waals surface area (Å²) in [5.74, 6) is 1.99. The minimum absolute atomic E-state index is 0.0297. The number of H-pyrrole nitrogens is 1. The minimum atomic E-state index is -0.243. The molecular weight excluding hydrogens is 426 g/mol. The first-order valence-corrected chi connectivity index (χ1v) is 10.9. The number of rotatable bonds is 4. The van der Waals surface area contributed by atoms with Crippen molar-refractivity contribution >= 4 is 23.2 Å². The molecule has 2 aromatic carbocycles. The van der Waals surface area contributed by atoms with Crippen molar-refractivity contribution in [3.8, 4) is 11.5 Å². The summed E-state index contributed by atoms with van der Waals surface area (Å²) in [6, 6.07) is 13.6. The molecule has 2 atom stereocenters. The molecule has 0 fully saturated rings. The maximum atomic E-state index is 13.6. The van der Waals surface area contributed by atoms with Crippen LogP contribution in [-0.2, 0) is 4.79 Å². The monoisotopic (exact) mass is 449 g/mol. The topological polar surface area (TPSA) is 76.2 Å². The van der Waals surface area contributed by atoms with Gasteiger partial charge in [0.1, 0.15) is 0 Å². The van der Waals surface area contributed by atoms with Crippen molar-refractivity contribution in [2.24, 2.45) is 0 Å². The van der Waals surface area contributed by atoms with Crippen LogP contribution >= 0.6 is 11.6 Å². The second-order valence-corrected chi connectivity index (χ2v) is 8.63. The van der Waals surface area contributed by atoms with Gasteiger partial charge < -0.3 is 14.8 Å². The van der Waals surface area contributed by atoms with E-state index in [9.17, 15) is 4.79 Å². The zero-order valence-corrected chi connectivity index (χ0v) is 18.9. The van der Waals surface area contributed by atoms with Crippen molar-refractivity contribution in [3.63, 3.8) is 0 Å². The van der Waals surface area contributed by atoms with E-state index in [1.54, 1.807) is 14.2 Å². The number of ether oxygens (including phenoxy) is 2. The van der Waals surface area contributed by atoms with Crippen molar-refractivity contribution < 1.29 is 14.3 Å². The van der Waals surface area contributed by atoms with Crippen LogP contribution in [0.15, 0.2) is 53.7 Å². The van der Waals surface area contributed by atoms with Crippen LogP contribution in [0.4, 0.5) is 5.82 Å². The number of halogens is 1. The number of fused-ring (bicyclic) bond motifs is 1. The molecule has 0 radical (unpaired) electrons. The number of allylic oxidation sites excluding steroid dienone is 2. The average Bonchev–Trinajstić information content (AvgIpc) is 3.17. The summed E-state index contributed by atoms with van der Waals surface area (Å²) in [7, 11) is 3.23. The average molecular weight is 450 g/mol. The molecule has 1 aromatic heterocycles. The Morgan fingerprint density at radius 2 is 1.84 bits per heavy atom. The molecule has 0 unspecified atom stereocenters. The van der Waals surface area contributed by atoms with Gasteiger partial charge in [-0.2, -0.15) is 5.10 Å². The summed E-state index contributed by atoms with van der Waals surface area (Å²) in [5.41, 5.74) is 5.57. The lowest BCUT2D eigenvalue weighted by Crippen LogP contribution is -2.30. The Bertz CT molecular complexity index is 1250. The van der Waals surface area contributed by atoms with Gasteiger partial charge in [0.25, 0.3) is 0 Å². The van der Waals surface area contributed by atoms with Gasteiger partial charge in [-0.1, -0.05) is 35.9 Å². The summed E-state index contributed by atoms with van der Waals surface area (Å²) in [5, 5.41) is 11.6. The number of aromatic amines is 1. The largest absolute Gasteiger partial charge is 0.493 e. The van der Waals surface area contributed by atoms with E-state index in [0.29, 0.717) is 29.4 Å². The van der Waals surface area contributed by atoms with Crippen LogP contribution in [0.5, 0.6) is 11.5 Å². The van der Waals surface area contributed by atoms with Crippen LogP contribution in [0.2, 0.25) is 5.02 Å². The molecule has 1 aliphatic carbocycles. The highest BCUT2D eigenvalue weighted by Gasteiger charge is 2.41. The second-order valence-electron chi connectivity index (χ2n) is 8.23. The fourth-order valence-corrected chi connectivity index (χ4v) is 5.17. The zero-order valence-electron chi connectivity index (χ0n) is 18.2. The predicted molar refractivity (Wildman–Crippen MR) is 124 cm³/mol. The normalized spacial score (nSPS) is 19.8. The number of hydrogen-bond donors (Lipinski definition) is 2. The van der Waals surface area contributed by atoms with Gasteiger partial charge >= 0.3 is 0 Å². The lowest BCUT2D eigenvalue weighted by Gasteiger charge is -2.35. The molecule has 2 heterocycles. The van der Waals surface area contributed by atoms with Gasteiger partial charge in [0, 0.05) is 39.9 Å². The highest BCUT2D eigenvalue weighted by molar-refractivity contribution is 6.31. The molecule has 1 aliphatic heterocycles. The smallest absolute Gasteiger partial charge is 0.162 e. The molecule has 0 bridgehead atoms. The highest BCUT2D eigenvalue weighted by atomic mass is 35.5. The standard InChI is InChI=1S/C25H24ClN3O3/c1-13-22-23(16-6-4-5-7-17(16)26)24-18(27-25(22)29-28-13)10-15(11-19(24)30)14-8-9-20(31-2)21(12-14)32-3/h4-9,12,15,23H,10-11H2,1-3H3,(H2,27,28,29)/t15-,23-/m1/s1. The van der Waals surface area contributed by atoms with Crippen molar-refractivity contribution in [2.75, 3.05) is 19.5 Å². The van der Waals surface area contributed by atoms with E-state index in [0.717, 1.165) is 39.5 Å². The fourth-order valence-electron chi connectivity index (χ4n) is 4.92. The van der Waals surface area contributed by atoms with Crippen LogP contribution in [0.1, 0.15) is 47.1 Å². The quantitative estimate of drug-likeness (QED) is 0.561. The number of nitrogens with zero attached hydrogens (tertiary/aromatic N) is 1. The molecule has 2 N–H and O–H groups in total. The predicted octanol–water partition coefficient (Wildman–Crippen LogP) is 5.35. The van der Waals surface area contributed by atoms with Crippen molar-refractivity contribution in [3.05, 3.63) is 81.1 Å². The Hall–Kier alpha value is -3.25. The molecule has 32 heavy (non-hydrogen) atoms. The van der Waals surface area contributed by atoms with Crippen LogP contribution in [-0.4, -0.2) is 30.2 Å². The van der Waals surface area contributed by atoms with Gasteiger partial charge in [0.05, 0.1) is 14.2 Å². The molecule has 5 rings (SSSR count). The van der Waals surface area contributed by atoms with E-state index in [2.05, 4.69) is 15.5 Å². The summed E-state index contributed by atoms with van der Waals surface area (Å²) >= 11 is 6.60. The van der Waals surface area contributed by atoms with Crippen LogP contribution in [0.25, 0.3) is 0 Å². The number of anilines is 1. The van der Waals surface area contributed by atoms with E-state index >= 15 is 0 Å². The third kappa shape index (κ3) is 3.26. The van der Waals surface area contributed by atoms with E-state index < -0.39 is 0 Å². The summed E-state index contributed by atoms with van der Waals surface area (Å²) in [6.45, 7) is 1.97. The molecular formula is C25H24ClN3O3. The van der Waals surface area contributed by atoms with Crippen LogP contribution in [0.3, 0.4) is 0 Å². The van der Waals surface area contributed by atoms with Crippen LogP contribution < -0.4 is 14.8 Å². The van der Waals surface area contributed by atoms with E-state index in [1.807, 2.05) is 49.4 Å². The maximum absolute atomic E-state index is 13.6. The van der Waals surface area contributed by atoms with Crippen molar-refractivity contribution in [2.45, 2.75) is 31.6 Å². The number of hydrogen-bond acceptors (Lipinski definition) is 5. The Balaban J connectivity index is 1.59. The Morgan fingerprint density at radius 1 is 1.06 bits per heavy atom. The molecule has 6 nitrogen and oxygen atoms in total. The number of aromatic nitrogens is 2. The molecule has 7 heteroatoms. The Morgan fingerprint density at radius 3 is 2.59 bits per heavy atom. The molecule has 2 aliphatic rings.